The van der Waals surface area contributed by atoms with Crippen LogP contribution in [0.15, 0.2) is 54.6 Å². The summed E-state index contributed by atoms with van der Waals surface area (Å²) >= 11 is 0. The minimum absolute atomic E-state index is 0.583. The fraction of sp³-hybridized carbons (Fsp3) is 0.517. The maximum Gasteiger partial charge on any atom is 0.0701 e. The summed E-state index contributed by atoms with van der Waals surface area (Å²) < 4.78 is 28.2. The molecule has 6 heteroatoms. The Morgan fingerprint density at radius 2 is 0.971 bits per heavy atom. The first-order chi connectivity index (χ1) is 17.4. The summed E-state index contributed by atoms with van der Waals surface area (Å²) in [6.45, 7) is 8.91. The van der Waals surface area contributed by atoms with E-state index in [0.717, 1.165) is 32.5 Å². The van der Waals surface area contributed by atoms with Crippen LogP contribution in [0.2, 0.25) is 0 Å². The third kappa shape index (κ3) is 8.53. The second-order valence-corrected chi connectivity index (χ2v) is 8.80. The highest BCUT2D eigenvalue weighted by Gasteiger charge is 2.10. The lowest BCUT2D eigenvalue weighted by molar-refractivity contribution is -0.0185. The van der Waals surface area contributed by atoms with Gasteiger partial charge in [0, 0.05) is 13.1 Å². The molecule has 3 aromatic rings. The zero-order valence-corrected chi connectivity index (χ0v) is 20.8. The van der Waals surface area contributed by atoms with Crippen LogP contribution in [0.1, 0.15) is 12.0 Å². The van der Waals surface area contributed by atoms with Crippen molar-refractivity contribution in [2.75, 3.05) is 85.7 Å². The topological polar surface area (TPSA) is 49.4 Å². The molecule has 1 saturated heterocycles. The zero-order chi connectivity index (χ0) is 24.0. The molecule has 0 atom stereocenters. The van der Waals surface area contributed by atoms with Crippen LogP contribution in [0.3, 0.4) is 0 Å². The lowest BCUT2D eigenvalue weighted by atomic mass is 9.94. The average Bonchev–Trinajstić information content (AvgIpc) is 2.89. The Kier molecular flexibility index (Phi) is 11.3. The Hall–Kier alpha value is -2.06. The fourth-order valence-corrected chi connectivity index (χ4v) is 4.56. The van der Waals surface area contributed by atoms with Gasteiger partial charge < -0.3 is 23.7 Å². The molecule has 6 nitrogen and oxygen atoms in total. The highest BCUT2D eigenvalue weighted by atomic mass is 16.6. The first-order valence-corrected chi connectivity index (χ1v) is 12.9. The maximum atomic E-state index is 5.82. The standard InChI is InChI=1S/C29H39NO5/c1-3-8-27-25(6-1)24-26-7-2-4-9-28(26)29(27)10-5-11-30-12-14-31-16-18-33-20-22-35-23-21-34-19-17-32-15-13-30/h1-4,6-9,24H,5,10-23H2. The first kappa shape index (κ1) is 26.0. The average molecular weight is 482 g/mol. The van der Waals surface area contributed by atoms with E-state index in [-0.39, 0.29) is 0 Å². The highest BCUT2D eigenvalue weighted by molar-refractivity contribution is 6.02. The summed E-state index contributed by atoms with van der Waals surface area (Å²) in [5, 5.41) is 5.36. The molecule has 4 rings (SSSR count). The minimum atomic E-state index is 0.583. The zero-order valence-electron chi connectivity index (χ0n) is 20.8. The molecule has 0 unspecified atom stereocenters. The van der Waals surface area contributed by atoms with E-state index in [4.69, 9.17) is 23.7 Å². The SMILES string of the molecule is c1ccc2c(CCCN3CCOCCOCCOCCOCCOCC3)c3ccccc3cc2c1. The van der Waals surface area contributed by atoms with Gasteiger partial charge in [-0.3, -0.25) is 4.90 Å². The van der Waals surface area contributed by atoms with Gasteiger partial charge in [0.15, 0.2) is 0 Å². The Morgan fingerprint density at radius 3 is 1.46 bits per heavy atom. The van der Waals surface area contributed by atoms with Gasteiger partial charge in [-0.15, -0.1) is 0 Å². The Labute approximate surface area is 209 Å². The fourth-order valence-electron chi connectivity index (χ4n) is 4.56. The molecule has 1 aliphatic rings. The van der Waals surface area contributed by atoms with Gasteiger partial charge in [0.2, 0.25) is 0 Å². The van der Waals surface area contributed by atoms with Crippen LogP contribution in [-0.2, 0) is 30.1 Å². The second kappa shape index (κ2) is 15.1. The molecule has 1 aliphatic heterocycles. The van der Waals surface area contributed by atoms with E-state index in [2.05, 4.69) is 59.5 Å². The van der Waals surface area contributed by atoms with E-state index in [1.807, 2.05) is 0 Å². The van der Waals surface area contributed by atoms with Crippen molar-refractivity contribution in [2.24, 2.45) is 0 Å². The summed E-state index contributed by atoms with van der Waals surface area (Å²) in [4.78, 5) is 2.45. The van der Waals surface area contributed by atoms with Crippen LogP contribution < -0.4 is 0 Å². The lowest BCUT2D eigenvalue weighted by Gasteiger charge is -2.23. The predicted octanol–water partition coefficient (Wildman–Crippen LogP) is 4.32. The van der Waals surface area contributed by atoms with Gasteiger partial charge in [0.1, 0.15) is 0 Å². The van der Waals surface area contributed by atoms with Gasteiger partial charge in [-0.2, -0.15) is 0 Å². The molecule has 0 saturated carbocycles. The molecule has 3 aromatic carbocycles. The monoisotopic (exact) mass is 481 g/mol. The third-order valence-corrected chi connectivity index (χ3v) is 6.38. The summed E-state index contributed by atoms with van der Waals surface area (Å²) in [7, 11) is 0. The van der Waals surface area contributed by atoms with Crippen molar-refractivity contribution in [1.29, 1.82) is 0 Å². The molecular formula is C29H39NO5. The van der Waals surface area contributed by atoms with Crippen molar-refractivity contribution in [3.63, 3.8) is 0 Å². The van der Waals surface area contributed by atoms with E-state index in [1.165, 1.54) is 27.1 Å². The number of nitrogens with zero attached hydrogens (tertiary/aromatic N) is 1. The van der Waals surface area contributed by atoms with Gasteiger partial charge in [0.05, 0.1) is 66.1 Å². The first-order valence-electron chi connectivity index (χ1n) is 12.9. The van der Waals surface area contributed by atoms with Gasteiger partial charge >= 0.3 is 0 Å². The maximum absolute atomic E-state index is 5.82. The third-order valence-electron chi connectivity index (χ3n) is 6.38. The number of benzene rings is 3. The molecule has 1 heterocycles. The van der Waals surface area contributed by atoms with E-state index < -0.39 is 0 Å². The number of fused-ring (bicyclic) bond motifs is 2. The number of hydrogen-bond donors (Lipinski definition) is 0. The predicted molar refractivity (Wildman–Crippen MR) is 140 cm³/mol. The molecule has 0 amide bonds. The molecule has 35 heavy (non-hydrogen) atoms. The van der Waals surface area contributed by atoms with Gasteiger partial charge in [-0.25, -0.2) is 0 Å². The van der Waals surface area contributed by atoms with Gasteiger partial charge in [-0.05, 0) is 52.6 Å². The number of hydrogen-bond acceptors (Lipinski definition) is 6. The normalized spacial score (nSPS) is 18.9. The number of aryl methyl sites for hydroxylation is 1. The van der Waals surface area contributed by atoms with E-state index in [9.17, 15) is 0 Å². The largest absolute Gasteiger partial charge is 0.378 e. The van der Waals surface area contributed by atoms with Gasteiger partial charge in [0.25, 0.3) is 0 Å². The van der Waals surface area contributed by atoms with Crippen LogP contribution in [0.25, 0.3) is 21.5 Å². The van der Waals surface area contributed by atoms with E-state index >= 15 is 0 Å². The van der Waals surface area contributed by atoms with Crippen molar-refractivity contribution < 1.29 is 23.7 Å². The quantitative estimate of drug-likeness (QED) is 0.517. The highest BCUT2D eigenvalue weighted by Crippen LogP contribution is 2.29. The molecule has 0 N–H and O–H groups in total. The summed E-state index contributed by atoms with van der Waals surface area (Å²) in [6, 6.07) is 19.8. The summed E-state index contributed by atoms with van der Waals surface area (Å²) in [5.74, 6) is 0. The van der Waals surface area contributed by atoms with Crippen LogP contribution >= 0.6 is 0 Å². The summed E-state index contributed by atoms with van der Waals surface area (Å²) in [5.41, 5.74) is 1.45. The van der Waals surface area contributed by atoms with Crippen molar-refractivity contribution >= 4 is 21.5 Å². The molecular weight excluding hydrogens is 442 g/mol. The second-order valence-electron chi connectivity index (χ2n) is 8.80. The Bertz CT molecular complexity index is 939. The van der Waals surface area contributed by atoms with Crippen LogP contribution in [0.5, 0.6) is 0 Å². The Balaban J connectivity index is 1.33. The van der Waals surface area contributed by atoms with Crippen molar-refractivity contribution in [2.45, 2.75) is 12.8 Å². The van der Waals surface area contributed by atoms with Gasteiger partial charge in [-0.1, -0.05) is 48.5 Å². The molecule has 1 fully saturated rings. The lowest BCUT2D eigenvalue weighted by Crippen LogP contribution is -2.33. The molecule has 190 valence electrons. The molecule has 0 radical (unpaired) electrons. The van der Waals surface area contributed by atoms with E-state index in [1.54, 1.807) is 0 Å². The van der Waals surface area contributed by atoms with Crippen LogP contribution in [0, 0.1) is 0 Å². The van der Waals surface area contributed by atoms with Crippen molar-refractivity contribution in [3.05, 3.63) is 60.2 Å². The number of ether oxygens (including phenoxy) is 5. The van der Waals surface area contributed by atoms with E-state index in [0.29, 0.717) is 66.1 Å². The molecule has 0 bridgehead atoms. The number of rotatable bonds is 4. The van der Waals surface area contributed by atoms with Crippen LogP contribution in [0.4, 0.5) is 0 Å². The van der Waals surface area contributed by atoms with Crippen molar-refractivity contribution in [3.8, 4) is 0 Å². The molecule has 0 aromatic heterocycles. The minimum Gasteiger partial charge on any atom is -0.378 e. The smallest absolute Gasteiger partial charge is 0.0701 e. The molecule has 0 spiro atoms. The Morgan fingerprint density at radius 1 is 0.543 bits per heavy atom. The van der Waals surface area contributed by atoms with Crippen molar-refractivity contribution in [1.82, 2.24) is 4.90 Å². The summed E-state index contributed by atoms with van der Waals surface area (Å²) in [6.07, 6.45) is 2.13. The molecule has 0 aliphatic carbocycles. The van der Waals surface area contributed by atoms with Crippen LogP contribution in [-0.4, -0.2) is 90.6 Å².